The van der Waals surface area contributed by atoms with Gasteiger partial charge >= 0.3 is 6.36 Å². The molecule has 1 atom stereocenters. The molecule has 1 N–H and O–H groups in total. The van der Waals surface area contributed by atoms with E-state index in [4.69, 9.17) is 4.99 Å². The summed E-state index contributed by atoms with van der Waals surface area (Å²) in [7, 11) is 0. The predicted octanol–water partition coefficient (Wildman–Crippen LogP) is 7.21. The molecule has 1 aromatic heterocycles. The minimum Gasteiger partial charge on any atom is -0.406 e. The van der Waals surface area contributed by atoms with Crippen LogP contribution >= 0.6 is 11.8 Å². The number of aryl methyl sites for hydroxylation is 2. The third kappa shape index (κ3) is 7.78. The van der Waals surface area contributed by atoms with E-state index in [1.165, 1.54) is 52.1 Å². The van der Waals surface area contributed by atoms with Gasteiger partial charge in [-0.05, 0) is 66.8 Å². The molecule has 1 saturated heterocycles. The van der Waals surface area contributed by atoms with E-state index in [0.717, 1.165) is 47.9 Å². The number of nitriles is 1. The van der Waals surface area contributed by atoms with Gasteiger partial charge < -0.3 is 9.64 Å². The van der Waals surface area contributed by atoms with E-state index < -0.39 is 12.4 Å². The average Bonchev–Trinajstić information content (AvgIpc) is 3.51. The molecule has 0 amide bonds. The molecule has 0 spiro atoms. The van der Waals surface area contributed by atoms with Crippen molar-refractivity contribution in [3.8, 4) is 28.9 Å². The number of rotatable bonds is 10. The smallest absolute Gasteiger partial charge is 0.406 e. The Morgan fingerprint density at radius 2 is 1.89 bits per heavy atom. The van der Waals surface area contributed by atoms with Gasteiger partial charge in [-0.1, -0.05) is 61.5 Å². The summed E-state index contributed by atoms with van der Waals surface area (Å²) in [6.07, 6.45) is -0.101. The van der Waals surface area contributed by atoms with Crippen LogP contribution in [0.1, 0.15) is 42.5 Å². The molecule has 1 fully saturated rings. The zero-order chi connectivity index (χ0) is 31.1. The highest BCUT2D eigenvalue weighted by Crippen LogP contribution is 2.30. The zero-order valence-corrected chi connectivity index (χ0v) is 25.2. The van der Waals surface area contributed by atoms with Gasteiger partial charge in [-0.2, -0.15) is 5.26 Å². The first kappa shape index (κ1) is 31.1. The lowest BCUT2D eigenvalue weighted by atomic mass is 10.0. The van der Waals surface area contributed by atoms with E-state index >= 15 is 0 Å². The van der Waals surface area contributed by atoms with Gasteiger partial charge in [-0.25, -0.2) is 14.7 Å². The van der Waals surface area contributed by atoms with Crippen LogP contribution < -0.4 is 15.0 Å². The molecule has 3 aromatic carbocycles. The van der Waals surface area contributed by atoms with Gasteiger partial charge in [0.15, 0.2) is 11.0 Å². The van der Waals surface area contributed by atoms with Crippen molar-refractivity contribution in [3.05, 3.63) is 89.7 Å². The molecular weight excluding hydrogens is 587 g/mol. The molecule has 2 heterocycles. The number of thioether (sulfide) groups is 1. The van der Waals surface area contributed by atoms with Crippen LogP contribution in [0.4, 0.5) is 18.9 Å². The molecule has 1 unspecified atom stereocenters. The summed E-state index contributed by atoms with van der Waals surface area (Å²) in [6, 6.07) is 21.1. The number of amidine groups is 1. The van der Waals surface area contributed by atoms with E-state index in [1.54, 1.807) is 11.8 Å². The second-order valence-electron chi connectivity index (χ2n) is 10.3. The number of hydrogen-bond donors (Lipinski definition) is 1. The van der Waals surface area contributed by atoms with Gasteiger partial charge in [0, 0.05) is 23.5 Å². The van der Waals surface area contributed by atoms with Crippen molar-refractivity contribution in [1.29, 1.82) is 5.26 Å². The van der Waals surface area contributed by atoms with Crippen molar-refractivity contribution in [3.63, 3.8) is 0 Å². The second-order valence-corrected chi connectivity index (χ2v) is 11.3. The normalized spacial score (nSPS) is 15.3. The van der Waals surface area contributed by atoms with Gasteiger partial charge in [0.1, 0.15) is 18.1 Å². The van der Waals surface area contributed by atoms with Crippen LogP contribution in [0.5, 0.6) is 5.75 Å². The van der Waals surface area contributed by atoms with Crippen molar-refractivity contribution < 1.29 is 17.9 Å². The maximum absolute atomic E-state index is 12.4. The molecule has 0 aliphatic carbocycles. The first-order valence-electron chi connectivity index (χ1n) is 14.3. The van der Waals surface area contributed by atoms with Crippen LogP contribution in [0.3, 0.4) is 0 Å². The highest BCUT2D eigenvalue weighted by molar-refractivity contribution is 8.14. The Labute approximate surface area is 258 Å². The van der Waals surface area contributed by atoms with Crippen molar-refractivity contribution in [1.82, 2.24) is 20.1 Å². The lowest BCUT2D eigenvalue weighted by Gasteiger charge is -2.32. The summed E-state index contributed by atoms with van der Waals surface area (Å²) in [5, 5.41) is 18.6. The maximum atomic E-state index is 12.4. The lowest BCUT2D eigenvalue weighted by molar-refractivity contribution is -0.274. The minimum atomic E-state index is -4.75. The second kappa shape index (κ2) is 14.0. The largest absolute Gasteiger partial charge is 0.573 e. The maximum Gasteiger partial charge on any atom is 0.573 e. The Morgan fingerprint density at radius 3 is 2.59 bits per heavy atom. The van der Waals surface area contributed by atoms with E-state index in [1.807, 2.05) is 24.3 Å². The molecule has 8 nitrogen and oxygen atoms in total. The fourth-order valence-corrected chi connectivity index (χ4v) is 5.86. The summed E-state index contributed by atoms with van der Waals surface area (Å²) in [4.78, 5) is 11.5. The predicted molar refractivity (Wildman–Crippen MR) is 167 cm³/mol. The molecule has 0 radical (unpaired) electrons. The number of aromatic nitrogens is 3. The summed E-state index contributed by atoms with van der Waals surface area (Å²) in [5.41, 5.74) is 5.81. The number of aliphatic imine (C=N–C) groups is 1. The van der Waals surface area contributed by atoms with Gasteiger partial charge in [-0.3, -0.25) is 5.32 Å². The molecule has 5 rings (SSSR count). The summed E-state index contributed by atoms with van der Waals surface area (Å²) < 4.78 is 42.7. The fraction of sp³-hybridized carbons (Fsp3) is 0.312. The third-order valence-electron chi connectivity index (χ3n) is 7.01. The quantitative estimate of drug-likeness (QED) is 0.201. The summed E-state index contributed by atoms with van der Waals surface area (Å²) in [6.45, 7) is 5.51. The third-order valence-corrected chi connectivity index (χ3v) is 8.11. The molecule has 1 aliphatic heterocycles. The zero-order valence-electron chi connectivity index (χ0n) is 24.4. The Bertz CT molecular complexity index is 1630. The fourth-order valence-electron chi connectivity index (χ4n) is 4.91. The van der Waals surface area contributed by atoms with E-state index in [9.17, 15) is 18.4 Å². The Kier molecular flexibility index (Phi) is 9.87. The van der Waals surface area contributed by atoms with Crippen molar-refractivity contribution in [2.24, 2.45) is 4.99 Å². The Morgan fingerprint density at radius 1 is 1.11 bits per heavy atom. The highest BCUT2D eigenvalue weighted by Gasteiger charge is 2.31. The van der Waals surface area contributed by atoms with Crippen LogP contribution in [-0.4, -0.2) is 45.3 Å². The van der Waals surface area contributed by atoms with E-state index in [2.05, 4.69) is 63.2 Å². The molecule has 4 aromatic rings. The number of halogens is 3. The van der Waals surface area contributed by atoms with Gasteiger partial charge in [-0.15, -0.1) is 18.3 Å². The van der Waals surface area contributed by atoms with E-state index in [-0.39, 0.29) is 5.75 Å². The Balaban J connectivity index is 1.24. The monoisotopic (exact) mass is 619 g/mol. The number of nitrogens with one attached hydrogen (secondary N) is 1. The molecular formula is C32H32F3N7OS. The van der Waals surface area contributed by atoms with Crippen LogP contribution in [0.25, 0.3) is 17.1 Å². The molecule has 0 bridgehead atoms. The molecule has 1 aliphatic rings. The van der Waals surface area contributed by atoms with Crippen molar-refractivity contribution in [2.45, 2.75) is 45.5 Å². The summed E-state index contributed by atoms with van der Waals surface area (Å²) in [5.74, 6) is 1.13. The van der Waals surface area contributed by atoms with Crippen LogP contribution in [0.2, 0.25) is 0 Å². The van der Waals surface area contributed by atoms with Crippen LogP contribution in [0, 0.1) is 18.3 Å². The minimum absolute atomic E-state index is 0.298. The summed E-state index contributed by atoms with van der Waals surface area (Å²) >= 11 is 1.74. The number of alkyl halides is 3. The first-order chi connectivity index (χ1) is 21.2. The molecule has 12 heteroatoms. The van der Waals surface area contributed by atoms with E-state index in [0.29, 0.717) is 18.2 Å². The molecule has 228 valence electrons. The lowest BCUT2D eigenvalue weighted by Crippen LogP contribution is -2.36. The number of anilines is 1. The van der Waals surface area contributed by atoms with Crippen molar-refractivity contribution in [2.75, 3.05) is 23.9 Å². The van der Waals surface area contributed by atoms with Crippen molar-refractivity contribution >= 4 is 22.6 Å². The first-order valence-corrected chi connectivity index (χ1v) is 15.3. The van der Waals surface area contributed by atoms with Crippen LogP contribution in [0.15, 0.2) is 78.0 Å². The standard InChI is InChI=1S/C32H32F3N7OS/c1-3-5-24-7-6-22(2)18-29(24)41-16-4-17-44-31(41)38-20-37-28(19-36)23-8-10-25(11-9-23)30-39-21-42(40-30)26-12-14-27(15-13-26)43-32(33,34)35/h6-15,18,21,28,37H,3-5,16-17,20H2,1-2H3. The van der Waals surface area contributed by atoms with Gasteiger partial charge in [0.2, 0.25) is 0 Å². The average molecular weight is 620 g/mol. The number of hydrogen-bond acceptors (Lipinski definition) is 7. The number of ether oxygens (including phenoxy) is 1. The van der Waals surface area contributed by atoms with Gasteiger partial charge in [0.05, 0.1) is 18.4 Å². The molecule has 44 heavy (non-hydrogen) atoms. The topological polar surface area (TPSA) is 91.4 Å². The van der Waals surface area contributed by atoms with Gasteiger partial charge in [0.25, 0.3) is 0 Å². The SMILES string of the molecule is CCCc1ccc(C)cc1N1CCCSC1=NCNC(C#N)c1ccc(-c2ncn(-c3ccc(OC(F)(F)F)cc3)n2)cc1. The Hall–Kier alpha value is -4.34. The number of benzene rings is 3. The van der Waals surface area contributed by atoms with Crippen LogP contribution in [-0.2, 0) is 6.42 Å². The highest BCUT2D eigenvalue weighted by atomic mass is 32.2. The number of nitrogens with zero attached hydrogens (tertiary/aromatic N) is 6. The molecule has 0 saturated carbocycles.